The number of rotatable bonds is 8. The highest BCUT2D eigenvalue weighted by atomic mass is 16.1. The van der Waals surface area contributed by atoms with Crippen molar-refractivity contribution in [2.75, 3.05) is 6.54 Å². The van der Waals surface area contributed by atoms with Crippen LogP contribution in [0.1, 0.15) is 39.0 Å². The van der Waals surface area contributed by atoms with E-state index in [-0.39, 0.29) is 6.04 Å². The Morgan fingerprint density at radius 2 is 1.93 bits per heavy atom. The van der Waals surface area contributed by atoms with Crippen LogP contribution in [0.15, 0.2) is 9.98 Å². The number of aliphatic imine (C=N–C) groups is 2. The molecule has 0 aromatic carbocycles. The second-order valence-electron chi connectivity index (χ2n) is 3.13. The van der Waals surface area contributed by atoms with Gasteiger partial charge in [0.15, 0.2) is 0 Å². The molecule has 0 heterocycles. The van der Waals surface area contributed by atoms with Crippen LogP contribution in [0.3, 0.4) is 0 Å². The van der Waals surface area contributed by atoms with E-state index >= 15 is 0 Å². The molecule has 4 heteroatoms. The van der Waals surface area contributed by atoms with E-state index in [0.29, 0.717) is 13.0 Å². The molecule has 0 bridgehead atoms. The molecule has 0 amide bonds. The summed E-state index contributed by atoms with van der Waals surface area (Å²) in [5.41, 5.74) is 0. The van der Waals surface area contributed by atoms with Crippen molar-refractivity contribution in [3.05, 3.63) is 0 Å². The molecule has 0 spiro atoms. The molecule has 0 saturated heterocycles. The van der Waals surface area contributed by atoms with Crippen LogP contribution in [-0.4, -0.2) is 24.7 Å². The van der Waals surface area contributed by atoms with Crippen molar-refractivity contribution >= 4 is 12.2 Å². The highest BCUT2D eigenvalue weighted by molar-refractivity contribution is 5.34. The van der Waals surface area contributed by atoms with E-state index in [4.69, 9.17) is 0 Å². The third-order valence-corrected chi connectivity index (χ3v) is 2.01. The minimum Gasteiger partial charge on any atom is -0.211 e. The zero-order valence-corrected chi connectivity index (χ0v) is 8.53. The van der Waals surface area contributed by atoms with E-state index in [1.807, 2.05) is 0 Å². The van der Waals surface area contributed by atoms with Gasteiger partial charge in [0.1, 0.15) is 0 Å². The summed E-state index contributed by atoms with van der Waals surface area (Å²) in [6.45, 7) is 2.51. The second kappa shape index (κ2) is 9.85. The Balaban J connectivity index is 3.76. The van der Waals surface area contributed by atoms with Crippen LogP contribution in [0.25, 0.3) is 0 Å². The van der Waals surface area contributed by atoms with Crippen molar-refractivity contribution in [3.8, 4) is 0 Å². The van der Waals surface area contributed by atoms with E-state index in [2.05, 4.69) is 16.9 Å². The Hall–Kier alpha value is -1.24. The van der Waals surface area contributed by atoms with E-state index in [9.17, 15) is 9.59 Å². The van der Waals surface area contributed by atoms with Crippen molar-refractivity contribution in [1.29, 1.82) is 0 Å². The quantitative estimate of drug-likeness (QED) is 0.338. The fourth-order valence-corrected chi connectivity index (χ4v) is 1.24. The molecule has 0 N–H and O–H groups in total. The molecule has 78 valence electrons. The van der Waals surface area contributed by atoms with Crippen LogP contribution >= 0.6 is 0 Å². The monoisotopic (exact) mass is 196 g/mol. The first-order chi connectivity index (χ1) is 6.85. The minimum atomic E-state index is -0.0313. The summed E-state index contributed by atoms with van der Waals surface area (Å²) >= 11 is 0. The lowest BCUT2D eigenvalue weighted by Gasteiger charge is -2.07. The van der Waals surface area contributed by atoms with Crippen LogP contribution < -0.4 is 0 Å². The van der Waals surface area contributed by atoms with Crippen LogP contribution in [-0.2, 0) is 9.59 Å². The summed E-state index contributed by atoms with van der Waals surface area (Å²) in [6.07, 6.45) is 7.87. The van der Waals surface area contributed by atoms with Gasteiger partial charge >= 0.3 is 0 Å². The maximum atomic E-state index is 10.1. The summed E-state index contributed by atoms with van der Waals surface area (Å²) in [7, 11) is 0. The molecule has 14 heavy (non-hydrogen) atoms. The summed E-state index contributed by atoms with van der Waals surface area (Å²) in [5.74, 6) is 0. The zero-order chi connectivity index (χ0) is 10.6. The van der Waals surface area contributed by atoms with Gasteiger partial charge in [0, 0.05) is 0 Å². The zero-order valence-electron chi connectivity index (χ0n) is 8.53. The molecule has 1 unspecified atom stereocenters. The Kier molecular flexibility index (Phi) is 8.97. The average molecular weight is 196 g/mol. The molecular formula is C10H16N2O2. The number of nitrogens with zero attached hydrogens (tertiary/aromatic N) is 2. The molecule has 0 saturated carbocycles. The molecule has 0 rings (SSSR count). The maximum absolute atomic E-state index is 10.1. The number of hydrogen-bond donors (Lipinski definition) is 0. The standard InChI is InChI=1S/C10H16N2O2/c1-2-3-4-5-10(12-9-14)6-7-11-8-13/h10H,2-7H2,1H3. The Morgan fingerprint density at radius 1 is 1.14 bits per heavy atom. The van der Waals surface area contributed by atoms with E-state index in [1.54, 1.807) is 6.08 Å². The highest BCUT2D eigenvalue weighted by Crippen LogP contribution is 2.09. The summed E-state index contributed by atoms with van der Waals surface area (Å²) in [5, 5.41) is 0. The molecular weight excluding hydrogens is 180 g/mol. The molecule has 0 aromatic heterocycles. The average Bonchev–Trinajstić information content (AvgIpc) is 2.18. The van der Waals surface area contributed by atoms with Gasteiger partial charge in [-0.05, 0) is 12.8 Å². The van der Waals surface area contributed by atoms with Crippen molar-refractivity contribution < 1.29 is 9.59 Å². The first-order valence-electron chi connectivity index (χ1n) is 4.95. The fourth-order valence-electron chi connectivity index (χ4n) is 1.24. The van der Waals surface area contributed by atoms with Gasteiger partial charge in [0.25, 0.3) is 0 Å². The topological polar surface area (TPSA) is 58.9 Å². The molecule has 4 nitrogen and oxygen atoms in total. The van der Waals surface area contributed by atoms with Crippen molar-refractivity contribution in [1.82, 2.24) is 0 Å². The largest absolute Gasteiger partial charge is 0.235 e. The molecule has 1 atom stereocenters. The summed E-state index contributed by atoms with van der Waals surface area (Å²) < 4.78 is 0. The van der Waals surface area contributed by atoms with Crippen LogP contribution in [0.5, 0.6) is 0 Å². The third kappa shape index (κ3) is 7.41. The van der Waals surface area contributed by atoms with Gasteiger partial charge in [-0.3, -0.25) is 0 Å². The fraction of sp³-hybridized carbons (Fsp3) is 0.800. The Morgan fingerprint density at radius 3 is 2.50 bits per heavy atom. The van der Waals surface area contributed by atoms with Gasteiger partial charge < -0.3 is 0 Å². The number of isocyanates is 2. The van der Waals surface area contributed by atoms with Crippen molar-refractivity contribution in [2.45, 2.75) is 45.1 Å². The van der Waals surface area contributed by atoms with Gasteiger partial charge in [-0.1, -0.05) is 26.2 Å². The lowest BCUT2D eigenvalue weighted by molar-refractivity contribution is 0.517. The summed E-state index contributed by atoms with van der Waals surface area (Å²) in [6, 6.07) is -0.0313. The van der Waals surface area contributed by atoms with Gasteiger partial charge in [-0.15, -0.1) is 0 Å². The predicted molar refractivity (Wildman–Crippen MR) is 53.7 cm³/mol. The molecule has 0 radical (unpaired) electrons. The molecule has 0 fully saturated rings. The molecule has 0 aliphatic carbocycles. The Labute approximate surface area is 84.1 Å². The molecule has 0 aromatic rings. The van der Waals surface area contributed by atoms with Gasteiger partial charge in [-0.25, -0.2) is 19.6 Å². The first kappa shape index (κ1) is 12.8. The number of unbranched alkanes of at least 4 members (excludes halogenated alkanes) is 2. The summed E-state index contributed by atoms with van der Waals surface area (Å²) in [4.78, 5) is 27.0. The number of hydrogen-bond acceptors (Lipinski definition) is 4. The number of carbonyl (C=O) groups excluding carboxylic acids is 2. The minimum absolute atomic E-state index is 0.0313. The van der Waals surface area contributed by atoms with E-state index in [1.165, 1.54) is 6.08 Å². The lowest BCUT2D eigenvalue weighted by atomic mass is 10.1. The smallest absolute Gasteiger partial charge is 0.211 e. The molecule has 0 aliphatic rings. The van der Waals surface area contributed by atoms with E-state index in [0.717, 1.165) is 25.7 Å². The van der Waals surface area contributed by atoms with Gasteiger partial charge in [-0.2, -0.15) is 0 Å². The maximum Gasteiger partial charge on any atom is 0.235 e. The van der Waals surface area contributed by atoms with Gasteiger partial charge in [0.2, 0.25) is 12.2 Å². The normalized spacial score (nSPS) is 11.2. The highest BCUT2D eigenvalue weighted by Gasteiger charge is 2.05. The van der Waals surface area contributed by atoms with Gasteiger partial charge in [0.05, 0.1) is 12.6 Å². The van der Waals surface area contributed by atoms with Crippen molar-refractivity contribution in [2.24, 2.45) is 9.98 Å². The predicted octanol–water partition coefficient (Wildman–Crippen LogP) is 2.00. The van der Waals surface area contributed by atoms with Crippen molar-refractivity contribution in [3.63, 3.8) is 0 Å². The van der Waals surface area contributed by atoms with Crippen LogP contribution in [0.2, 0.25) is 0 Å². The Bertz CT molecular complexity index is 228. The van der Waals surface area contributed by atoms with Crippen LogP contribution in [0.4, 0.5) is 0 Å². The second-order valence-corrected chi connectivity index (χ2v) is 3.13. The van der Waals surface area contributed by atoms with E-state index < -0.39 is 0 Å². The third-order valence-electron chi connectivity index (χ3n) is 2.01. The molecule has 0 aliphatic heterocycles. The lowest BCUT2D eigenvalue weighted by Crippen LogP contribution is -2.06. The first-order valence-corrected chi connectivity index (χ1v) is 4.95. The SMILES string of the molecule is CCCCCC(CCN=C=O)N=C=O. The van der Waals surface area contributed by atoms with Crippen LogP contribution in [0, 0.1) is 0 Å².